The molecule has 3 rings (SSSR count). The van der Waals surface area contributed by atoms with Gasteiger partial charge in [0.15, 0.2) is 0 Å². The first-order chi connectivity index (χ1) is 9.78. The van der Waals surface area contributed by atoms with Crippen molar-refractivity contribution in [2.45, 2.75) is 25.3 Å². The Balaban J connectivity index is 1.79. The van der Waals surface area contributed by atoms with Gasteiger partial charge in [0.25, 0.3) is 0 Å². The molecule has 1 aromatic rings. The molecule has 1 aromatic heterocycles. The number of anilines is 1. The fourth-order valence-corrected chi connectivity index (χ4v) is 3.25. The van der Waals surface area contributed by atoms with Crippen molar-refractivity contribution in [1.29, 1.82) is 0 Å². The Labute approximate surface area is 119 Å². The normalized spacial score (nSPS) is 23.2. The lowest BCUT2D eigenvalue weighted by Crippen LogP contribution is -2.37. The van der Waals surface area contributed by atoms with Gasteiger partial charge < -0.3 is 9.64 Å². The summed E-state index contributed by atoms with van der Waals surface area (Å²) in [4.78, 5) is 21.0. The van der Waals surface area contributed by atoms with Crippen molar-refractivity contribution in [2.75, 3.05) is 38.2 Å². The molecule has 0 spiro atoms. The van der Waals surface area contributed by atoms with Crippen molar-refractivity contribution in [3.63, 3.8) is 0 Å². The number of hydrogen-bond acceptors (Lipinski definition) is 5. The van der Waals surface area contributed by atoms with Crippen molar-refractivity contribution >= 4 is 11.8 Å². The van der Waals surface area contributed by atoms with Gasteiger partial charge in [0.2, 0.25) is 0 Å². The van der Waals surface area contributed by atoms with E-state index in [9.17, 15) is 4.79 Å². The summed E-state index contributed by atoms with van der Waals surface area (Å²) in [6.07, 6.45) is 5.42. The average Bonchev–Trinajstić information content (AvgIpc) is 2.83. The Morgan fingerprint density at radius 2 is 2.20 bits per heavy atom. The maximum atomic E-state index is 11.6. The monoisotopic (exact) mass is 275 g/mol. The summed E-state index contributed by atoms with van der Waals surface area (Å²) < 4.78 is 4.78. The highest BCUT2D eigenvalue weighted by molar-refractivity contribution is 5.90. The predicted octanol–water partition coefficient (Wildman–Crippen LogP) is 1.54. The molecule has 20 heavy (non-hydrogen) atoms. The van der Waals surface area contributed by atoms with Gasteiger partial charge >= 0.3 is 5.97 Å². The molecule has 0 radical (unpaired) electrons. The second-order valence-electron chi connectivity index (χ2n) is 5.53. The van der Waals surface area contributed by atoms with E-state index in [4.69, 9.17) is 4.74 Å². The molecule has 2 aliphatic rings. The van der Waals surface area contributed by atoms with E-state index >= 15 is 0 Å². The van der Waals surface area contributed by atoms with Crippen molar-refractivity contribution in [3.8, 4) is 0 Å². The fraction of sp³-hybridized carbons (Fsp3) is 0.600. The molecule has 0 amide bonds. The first-order valence-corrected chi connectivity index (χ1v) is 7.31. The molecule has 0 saturated carbocycles. The van der Waals surface area contributed by atoms with Crippen LogP contribution in [0.2, 0.25) is 0 Å². The van der Waals surface area contributed by atoms with E-state index in [0.29, 0.717) is 11.6 Å². The van der Waals surface area contributed by atoms with Crippen LogP contribution in [0.3, 0.4) is 0 Å². The molecule has 2 saturated heterocycles. The smallest absolute Gasteiger partial charge is 0.338 e. The third kappa shape index (κ3) is 2.63. The highest BCUT2D eigenvalue weighted by Gasteiger charge is 2.29. The van der Waals surface area contributed by atoms with Crippen LogP contribution < -0.4 is 4.90 Å². The fourth-order valence-electron chi connectivity index (χ4n) is 3.25. The zero-order valence-corrected chi connectivity index (χ0v) is 11.9. The lowest BCUT2D eigenvalue weighted by Gasteiger charge is -2.26. The second-order valence-corrected chi connectivity index (χ2v) is 5.53. The Hall–Kier alpha value is -1.62. The first-order valence-electron chi connectivity index (χ1n) is 7.31. The topological polar surface area (TPSA) is 45.7 Å². The summed E-state index contributed by atoms with van der Waals surface area (Å²) in [7, 11) is 1.41. The van der Waals surface area contributed by atoms with Crippen LogP contribution in [0.5, 0.6) is 0 Å². The summed E-state index contributed by atoms with van der Waals surface area (Å²) in [6, 6.07) is 4.19. The largest absolute Gasteiger partial charge is 0.465 e. The van der Waals surface area contributed by atoms with Crippen molar-refractivity contribution < 1.29 is 9.53 Å². The van der Waals surface area contributed by atoms with Crippen LogP contribution in [0.15, 0.2) is 18.3 Å². The van der Waals surface area contributed by atoms with Gasteiger partial charge in [-0.25, -0.2) is 9.78 Å². The molecule has 2 aliphatic heterocycles. The van der Waals surface area contributed by atoms with Crippen LogP contribution in [0, 0.1) is 0 Å². The number of esters is 1. The number of ether oxygens (including phenoxy) is 1. The molecule has 3 heterocycles. The van der Waals surface area contributed by atoms with Gasteiger partial charge in [-0.05, 0) is 37.9 Å². The minimum absolute atomic E-state index is 0.300. The van der Waals surface area contributed by atoms with E-state index in [-0.39, 0.29) is 5.97 Å². The van der Waals surface area contributed by atoms with Crippen LogP contribution in [-0.2, 0) is 4.74 Å². The number of methoxy groups -OCH3 is 1. The predicted molar refractivity (Wildman–Crippen MR) is 77.0 cm³/mol. The van der Waals surface area contributed by atoms with Crippen LogP contribution >= 0.6 is 0 Å². The van der Waals surface area contributed by atoms with Crippen LogP contribution in [-0.4, -0.2) is 55.2 Å². The number of hydrogen-bond donors (Lipinski definition) is 0. The van der Waals surface area contributed by atoms with Crippen molar-refractivity contribution in [1.82, 2.24) is 9.88 Å². The molecule has 0 aromatic carbocycles. The minimum Gasteiger partial charge on any atom is -0.465 e. The molecule has 5 heteroatoms. The third-order valence-electron chi connectivity index (χ3n) is 4.29. The summed E-state index contributed by atoms with van der Waals surface area (Å²) in [6.45, 7) is 4.42. The first kappa shape index (κ1) is 13.4. The van der Waals surface area contributed by atoms with Crippen molar-refractivity contribution in [3.05, 3.63) is 23.9 Å². The Kier molecular flexibility index (Phi) is 3.87. The second kappa shape index (κ2) is 5.79. The molecular formula is C15H21N3O2. The number of rotatable bonds is 2. The van der Waals surface area contributed by atoms with Gasteiger partial charge in [-0.2, -0.15) is 0 Å². The van der Waals surface area contributed by atoms with Gasteiger partial charge in [0.1, 0.15) is 5.82 Å². The van der Waals surface area contributed by atoms with Gasteiger partial charge in [-0.3, -0.25) is 4.90 Å². The number of carbonyl (C=O) groups is 1. The maximum Gasteiger partial charge on any atom is 0.338 e. The van der Waals surface area contributed by atoms with E-state index in [2.05, 4.69) is 14.8 Å². The Morgan fingerprint density at radius 1 is 1.35 bits per heavy atom. The molecule has 5 nitrogen and oxygen atoms in total. The zero-order chi connectivity index (χ0) is 13.9. The maximum absolute atomic E-state index is 11.6. The summed E-state index contributed by atoms with van der Waals surface area (Å²) >= 11 is 0. The molecule has 2 fully saturated rings. The van der Waals surface area contributed by atoms with E-state index in [0.717, 1.165) is 25.3 Å². The standard InChI is InChI=1S/C15H21N3O2/c1-20-15(19)12-5-6-16-14(10-12)18-9-3-8-17-7-2-4-13(17)11-18/h5-6,10,13H,2-4,7-9,11H2,1H3. The molecule has 0 bridgehead atoms. The Morgan fingerprint density at radius 3 is 3.05 bits per heavy atom. The number of fused-ring (bicyclic) bond motifs is 1. The lowest BCUT2D eigenvalue weighted by atomic mass is 10.2. The van der Waals surface area contributed by atoms with Gasteiger partial charge in [-0.1, -0.05) is 0 Å². The van der Waals surface area contributed by atoms with Gasteiger partial charge in [0, 0.05) is 31.9 Å². The number of aromatic nitrogens is 1. The molecule has 0 aliphatic carbocycles. The van der Waals surface area contributed by atoms with E-state index in [1.54, 1.807) is 12.3 Å². The highest BCUT2D eigenvalue weighted by Crippen LogP contribution is 2.24. The number of nitrogens with zero attached hydrogens (tertiary/aromatic N) is 3. The summed E-state index contributed by atoms with van der Waals surface area (Å²) in [5, 5.41) is 0. The molecular weight excluding hydrogens is 254 g/mol. The van der Waals surface area contributed by atoms with Crippen LogP contribution in [0.25, 0.3) is 0 Å². The molecule has 0 N–H and O–H groups in total. The van der Waals surface area contributed by atoms with Crippen LogP contribution in [0.1, 0.15) is 29.6 Å². The van der Waals surface area contributed by atoms with Crippen molar-refractivity contribution in [2.24, 2.45) is 0 Å². The zero-order valence-electron chi connectivity index (χ0n) is 11.9. The van der Waals surface area contributed by atoms with Crippen LogP contribution in [0.4, 0.5) is 5.82 Å². The quantitative estimate of drug-likeness (QED) is 0.766. The van der Waals surface area contributed by atoms with E-state index in [1.807, 2.05) is 6.07 Å². The highest BCUT2D eigenvalue weighted by atomic mass is 16.5. The van der Waals surface area contributed by atoms with E-state index in [1.165, 1.54) is 33.0 Å². The summed E-state index contributed by atoms with van der Waals surface area (Å²) in [5.74, 6) is 0.590. The Bertz CT molecular complexity index is 492. The number of pyridine rings is 1. The SMILES string of the molecule is COC(=O)c1ccnc(N2CCCN3CCCC3C2)c1. The molecule has 1 unspecified atom stereocenters. The molecule has 1 atom stereocenters. The van der Waals surface area contributed by atoms with Gasteiger partial charge in [0.05, 0.1) is 12.7 Å². The van der Waals surface area contributed by atoms with Gasteiger partial charge in [-0.15, -0.1) is 0 Å². The number of carbonyl (C=O) groups excluding carboxylic acids is 1. The third-order valence-corrected chi connectivity index (χ3v) is 4.29. The summed E-state index contributed by atoms with van der Waals surface area (Å²) in [5.41, 5.74) is 0.574. The molecule has 108 valence electrons. The lowest BCUT2D eigenvalue weighted by molar-refractivity contribution is 0.0600. The average molecular weight is 275 g/mol. The van der Waals surface area contributed by atoms with E-state index < -0.39 is 0 Å². The minimum atomic E-state index is -0.300.